The molecule has 0 aromatic rings. The van der Waals surface area contributed by atoms with E-state index in [0.29, 0.717) is 5.41 Å². The first kappa shape index (κ1) is 8.51. The molecule has 0 bridgehead atoms. The van der Waals surface area contributed by atoms with Crippen molar-refractivity contribution in [3.8, 4) is 0 Å². The predicted molar refractivity (Wildman–Crippen MR) is 49.9 cm³/mol. The first-order chi connectivity index (χ1) is 4.91. The van der Waals surface area contributed by atoms with Crippen LogP contribution >= 0.6 is 0 Å². The number of hydrogen-bond donors (Lipinski definition) is 0. The molecule has 1 nitrogen and oxygen atoms in total. The van der Waals surface area contributed by atoms with Gasteiger partial charge in [0.15, 0.2) is 0 Å². The molecule has 0 aliphatic carbocycles. The lowest BCUT2D eigenvalue weighted by Crippen LogP contribution is -2.10. The number of hydrogen-bond acceptors (Lipinski definition) is 1. The summed E-state index contributed by atoms with van der Waals surface area (Å²) in [6, 6.07) is 0. The summed E-state index contributed by atoms with van der Waals surface area (Å²) in [6.07, 6.45) is 1.08. The second-order valence-electron chi connectivity index (χ2n) is 4.34. The van der Waals surface area contributed by atoms with E-state index in [9.17, 15) is 0 Å². The van der Waals surface area contributed by atoms with Gasteiger partial charge in [0.2, 0.25) is 0 Å². The van der Waals surface area contributed by atoms with Gasteiger partial charge in [-0.05, 0) is 24.8 Å². The Balaban J connectivity index is 2.88. The lowest BCUT2D eigenvalue weighted by Gasteiger charge is -2.20. The monoisotopic (exact) mass is 151 g/mol. The smallest absolute Gasteiger partial charge is 0.0373 e. The highest BCUT2D eigenvalue weighted by molar-refractivity contribution is 5.88. The summed E-state index contributed by atoms with van der Waals surface area (Å²) in [5.74, 6) is 0. The van der Waals surface area contributed by atoms with Crippen molar-refractivity contribution in [3.05, 3.63) is 11.3 Å². The molecule has 1 heteroatoms. The third-order valence-electron chi connectivity index (χ3n) is 2.13. The Kier molecular flexibility index (Phi) is 1.91. The molecule has 1 aliphatic heterocycles. The van der Waals surface area contributed by atoms with Gasteiger partial charge in [-0.1, -0.05) is 20.8 Å². The molecule has 0 atom stereocenters. The SMILES string of the molecule is CC1=NC(C)=C(C(C)(C)C)C1. The molecule has 0 fully saturated rings. The van der Waals surface area contributed by atoms with Gasteiger partial charge in [0.05, 0.1) is 0 Å². The van der Waals surface area contributed by atoms with Crippen LogP contribution in [0.4, 0.5) is 0 Å². The standard InChI is InChI=1S/C10H17N/c1-7-6-9(8(2)11-7)10(3,4)5/h6H2,1-5H3. The van der Waals surface area contributed by atoms with Crippen molar-refractivity contribution in [2.45, 2.75) is 41.0 Å². The third-order valence-corrected chi connectivity index (χ3v) is 2.13. The summed E-state index contributed by atoms with van der Waals surface area (Å²) in [4.78, 5) is 4.43. The Morgan fingerprint density at radius 1 is 1.18 bits per heavy atom. The maximum Gasteiger partial charge on any atom is 0.0373 e. The van der Waals surface area contributed by atoms with Crippen LogP contribution < -0.4 is 0 Å². The van der Waals surface area contributed by atoms with E-state index >= 15 is 0 Å². The average Bonchev–Trinajstić information content (AvgIpc) is 2.08. The van der Waals surface area contributed by atoms with E-state index in [2.05, 4.69) is 39.6 Å². The summed E-state index contributed by atoms with van der Waals surface area (Å²) < 4.78 is 0. The highest BCUT2D eigenvalue weighted by atomic mass is 14.8. The van der Waals surface area contributed by atoms with Gasteiger partial charge >= 0.3 is 0 Å². The molecule has 1 rings (SSSR count). The van der Waals surface area contributed by atoms with Gasteiger partial charge in [-0.15, -0.1) is 0 Å². The van der Waals surface area contributed by atoms with Crippen molar-refractivity contribution < 1.29 is 0 Å². The van der Waals surface area contributed by atoms with Gasteiger partial charge in [0, 0.05) is 17.8 Å². The highest BCUT2D eigenvalue weighted by Crippen LogP contribution is 2.34. The second-order valence-corrected chi connectivity index (χ2v) is 4.34. The van der Waals surface area contributed by atoms with Crippen LogP contribution in [0.2, 0.25) is 0 Å². The molecular formula is C10H17N. The Hall–Kier alpha value is -0.590. The van der Waals surface area contributed by atoms with Gasteiger partial charge in [-0.25, -0.2) is 0 Å². The maximum atomic E-state index is 4.43. The minimum absolute atomic E-state index is 0.297. The Bertz CT molecular complexity index is 226. The summed E-state index contributed by atoms with van der Waals surface area (Å²) in [7, 11) is 0. The lowest BCUT2D eigenvalue weighted by molar-refractivity contribution is 0.494. The molecule has 11 heavy (non-hydrogen) atoms. The molecule has 1 heterocycles. The molecule has 0 saturated carbocycles. The van der Waals surface area contributed by atoms with E-state index in [4.69, 9.17) is 0 Å². The fraction of sp³-hybridized carbons (Fsp3) is 0.700. The van der Waals surface area contributed by atoms with E-state index in [1.54, 1.807) is 0 Å². The maximum absolute atomic E-state index is 4.43. The van der Waals surface area contributed by atoms with E-state index in [1.807, 2.05) is 0 Å². The summed E-state index contributed by atoms with van der Waals surface area (Å²) >= 11 is 0. The van der Waals surface area contributed by atoms with Crippen LogP contribution in [0, 0.1) is 5.41 Å². The van der Waals surface area contributed by atoms with Gasteiger partial charge in [-0.2, -0.15) is 0 Å². The molecule has 62 valence electrons. The molecule has 0 radical (unpaired) electrons. The van der Waals surface area contributed by atoms with Gasteiger partial charge in [-0.3, -0.25) is 4.99 Å². The molecule has 0 spiro atoms. The highest BCUT2D eigenvalue weighted by Gasteiger charge is 2.23. The quantitative estimate of drug-likeness (QED) is 0.504. The van der Waals surface area contributed by atoms with Crippen molar-refractivity contribution >= 4 is 5.71 Å². The first-order valence-electron chi connectivity index (χ1n) is 4.15. The summed E-state index contributed by atoms with van der Waals surface area (Å²) in [6.45, 7) is 11.0. The molecule has 0 amide bonds. The third kappa shape index (κ3) is 1.70. The Morgan fingerprint density at radius 3 is 1.91 bits per heavy atom. The van der Waals surface area contributed by atoms with Crippen molar-refractivity contribution in [2.75, 3.05) is 0 Å². The molecule has 0 unspecified atom stereocenters. The van der Waals surface area contributed by atoms with E-state index in [-0.39, 0.29) is 0 Å². The van der Waals surface area contributed by atoms with Crippen molar-refractivity contribution in [3.63, 3.8) is 0 Å². The Morgan fingerprint density at radius 2 is 1.73 bits per heavy atom. The molecular weight excluding hydrogens is 134 g/mol. The van der Waals surface area contributed by atoms with Crippen LogP contribution in [0.15, 0.2) is 16.3 Å². The number of rotatable bonds is 0. The Labute approximate surface area is 69.2 Å². The van der Waals surface area contributed by atoms with Crippen LogP contribution in [0.3, 0.4) is 0 Å². The van der Waals surface area contributed by atoms with Crippen LogP contribution in [0.25, 0.3) is 0 Å². The van der Waals surface area contributed by atoms with E-state index < -0.39 is 0 Å². The van der Waals surface area contributed by atoms with Crippen LogP contribution in [0.1, 0.15) is 41.0 Å². The van der Waals surface area contributed by atoms with Gasteiger partial charge in [0.1, 0.15) is 0 Å². The minimum Gasteiger partial charge on any atom is -0.263 e. The average molecular weight is 151 g/mol. The zero-order chi connectivity index (χ0) is 8.65. The fourth-order valence-electron chi connectivity index (χ4n) is 1.58. The predicted octanol–water partition coefficient (Wildman–Crippen LogP) is 3.17. The van der Waals surface area contributed by atoms with E-state index in [1.165, 1.54) is 17.0 Å². The zero-order valence-corrected chi connectivity index (χ0v) is 8.15. The molecule has 1 aliphatic rings. The topological polar surface area (TPSA) is 12.4 Å². The minimum atomic E-state index is 0.297. The lowest BCUT2D eigenvalue weighted by atomic mass is 9.84. The fourth-order valence-corrected chi connectivity index (χ4v) is 1.58. The van der Waals surface area contributed by atoms with Gasteiger partial charge < -0.3 is 0 Å². The normalized spacial score (nSPS) is 19.2. The van der Waals surface area contributed by atoms with E-state index in [0.717, 1.165) is 6.42 Å². The second kappa shape index (κ2) is 2.47. The van der Waals surface area contributed by atoms with Crippen molar-refractivity contribution in [2.24, 2.45) is 10.4 Å². The van der Waals surface area contributed by atoms with Gasteiger partial charge in [0.25, 0.3) is 0 Å². The largest absolute Gasteiger partial charge is 0.263 e. The molecule has 0 N–H and O–H groups in total. The van der Waals surface area contributed by atoms with Crippen LogP contribution in [0.5, 0.6) is 0 Å². The summed E-state index contributed by atoms with van der Waals surface area (Å²) in [5, 5.41) is 0. The zero-order valence-electron chi connectivity index (χ0n) is 8.15. The molecule has 0 aromatic heterocycles. The molecule has 0 aromatic carbocycles. The van der Waals surface area contributed by atoms with Crippen LogP contribution in [-0.2, 0) is 0 Å². The number of allylic oxidation sites excluding steroid dienone is 2. The number of nitrogens with zero attached hydrogens (tertiary/aromatic N) is 1. The van der Waals surface area contributed by atoms with Crippen LogP contribution in [-0.4, -0.2) is 5.71 Å². The van der Waals surface area contributed by atoms with Crippen molar-refractivity contribution in [1.29, 1.82) is 0 Å². The summed E-state index contributed by atoms with van der Waals surface area (Å²) in [5.41, 5.74) is 4.28. The first-order valence-corrected chi connectivity index (χ1v) is 4.15. The van der Waals surface area contributed by atoms with Crippen molar-refractivity contribution in [1.82, 2.24) is 0 Å². The molecule has 0 saturated heterocycles. The number of aliphatic imine (C=N–C) groups is 1.